The Morgan fingerprint density at radius 3 is 2.50 bits per heavy atom. The van der Waals surface area contributed by atoms with Crippen molar-refractivity contribution in [1.29, 1.82) is 0 Å². The van der Waals surface area contributed by atoms with Gasteiger partial charge in [0.15, 0.2) is 5.78 Å². The van der Waals surface area contributed by atoms with Gasteiger partial charge in [-0.25, -0.2) is 0 Å². The van der Waals surface area contributed by atoms with Gasteiger partial charge in [-0.2, -0.15) is 0 Å². The molecule has 0 aliphatic rings. The average molecular weight is 191 g/mol. The lowest BCUT2D eigenvalue weighted by atomic mass is 10.0. The van der Waals surface area contributed by atoms with Crippen molar-refractivity contribution < 1.29 is 14.8 Å². The fourth-order valence-corrected chi connectivity index (χ4v) is 1.03. The van der Waals surface area contributed by atoms with Crippen LogP contribution < -0.4 is 0 Å². The van der Waals surface area contributed by atoms with Gasteiger partial charge in [0.1, 0.15) is 12.2 Å². The number of ketones is 1. The predicted octanol–water partition coefficient (Wildman–Crippen LogP) is 1.14. The Balaban J connectivity index is 2.89. The van der Waals surface area contributed by atoms with E-state index in [1.54, 1.807) is 30.3 Å². The van der Waals surface area contributed by atoms with Crippen LogP contribution in [-0.2, 0) is 4.79 Å². The van der Waals surface area contributed by atoms with Crippen LogP contribution in [0.2, 0.25) is 0 Å². The minimum atomic E-state index is -1.01. The van der Waals surface area contributed by atoms with Crippen molar-refractivity contribution in [1.82, 2.24) is 0 Å². The second-order valence-electron chi connectivity index (χ2n) is 2.66. The molecule has 0 amide bonds. The molecule has 14 heavy (non-hydrogen) atoms. The van der Waals surface area contributed by atoms with Crippen LogP contribution in [0.25, 0.3) is 0 Å². The highest BCUT2D eigenvalue weighted by Crippen LogP contribution is 2.05. The molecular weight excluding hydrogens is 182 g/mol. The van der Waals surface area contributed by atoms with Crippen LogP contribution in [0.4, 0.5) is 0 Å². The number of carbonyl (C=O) groups excluding carboxylic acids is 2. The van der Waals surface area contributed by atoms with Gasteiger partial charge in [-0.1, -0.05) is 30.3 Å². The maximum atomic E-state index is 11.5. The number of oxime groups is 1. The van der Waals surface area contributed by atoms with Crippen LogP contribution in [0.1, 0.15) is 10.4 Å². The van der Waals surface area contributed by atoms with Crippen LogP contribution in [-0.4, -0.2) is 23.5 Å². The molecule has 0 fully saturated rings. The highest BCUT2D eigenvalue weighted by molar-refractivity contribution is 6.14. The zero-order chi connectivity index (χ0) is 10.4. The Bertz CT molecular complexity index is 346. The summed E-state index contributed by atoms with van der Waals surface area (Å²) in [7, 11) is 0. The summed E-state index contributed by atoms with van der Waals surface area (Å²) in [5, 5.41) is 10.9. The zero-order valence-electron chi connectivity index (χ0n) is 7.33. The number of rotatable bonds is 4. The molecule has 1 N–H and O–H groups in total. The normalized spacial score (nSPS) is 12.6. The summed E-state index contributed by atoms with van der Waals surface area (Å²) in [6, 6.07) is 8.37. The van der Waals surface area contributed by atoms with E-state index in [1.807, 2.05) is 0 Å². The number of Topliss-reactive ketones (excluding diaryl/α,β-unsaturated/α-hetero) is 1. The number of benzene rings is 1. The van der Waals surface area contributed by atoms with E-state index in [0.717, 1.165) is 6.21 Å². The molecule has 0 saturated carbocycles. The summed E-state index contributed by atoms with van der Waals surface area (Å²) in [5.74, 6) is -1.39. The molecule has 1 aromatic carbocycles. The Morgan fingerprint density at radius 1 is 1.36 bits per heavy atom. The maximum Gasteiger partial charge on any atom is 0.178 e. The van der Waals surface area contributed by atoms with Crippen molar-refractivity contribution in [2.45, 2.75) is 0 Å². The van der Waals surface area contributed by atoms with Gasteiger partial charge in [0.05, 0.1) is 6.21 Å². The predicted molar refractivity (Wildman–Crippen MR) is 50.6 cm³/mol. The van der Waals surface area contributed by atoms with E-state index in [1.165, 1.54) is 0 Å². The molecular formula is C10H9NO3. The molecule has 0 saturated heterocycles. The number of hydrogen-bond acceptors (Lipinski definition) is 4. The monoisotopic (exact) mass is 191 g/mol. The minimum Gasteiger partial charge on any atom is -0.411 e. The molecule has 1 atom stereocenters. The third kappa shape index (κ3) is 2.26. The van der Waals surface area contributed by atoms with E-state index in [4.69, 9.17) is 5.21 Å². The first-order valence-corrected chi connectivity index (χ1v) is 4.01. The number of hydrogen-bond donors (Lipinski definition) is 1. The van der Waals surface area contributed by atoms with Crippen LogP contribution in [0, 0.1) is 5.92 Å². The molecule has 0 aromatic heterocycles. The molecule has 1 unspecified atom stereocenters. The highest BCUT2D eigenvalue weighted by Gasteiger charge is 2.16. The number of carbonyl (C=O) groups is 2. The summed E-state index contributed by atoms with van der Waals surface area (Å²) < 4.78 is 0. The highest BCUT2D eigenvalue weighted by atomic mass is 16.4. The lowest BCUT2D eigenvalue weighted by Gasteiger charge is -2.01. The van der Waals surface area contributed by atoms with Gasteiger partial charge in [-0.15, -0.1) is 5.16 Å². The van der Waals surface area contributed by atoms with Crippen LogP contribution >= 0.6 is 0 Å². The molecule has 0 radical (unpaired) electrons. The van der Waals surface area contributed by atoms with Crippen LogP contribution in [0.3, 0.4) is 0 Å². The van der Waals surface area contributed by atoms with Gasteiger partial charge in [-0.05, 0) is 0 Å². The van der Waals surface area contributed by atoms with Crippen molar-refractivity contribution in [2.24, 2.45) is 11.1 Å². The summed E-state index contributed by atoms with van der Waals surface area (Å²) in [4.78, 5) is 22.0. The smallest absolute Gasteiger partial charge is 0.178 e. The maximum absolute atomic E-state index is 11.5. The Labute approximate surface area is 80.9 Å². The largest absolute Gasteiger partial charge is 0.411 e. The van der Waals surface area contributed by atoms with Crippen molar-refractivity contribution >= 4 is 18.3 Å². The summed E-state index contributed by atoms with van der Waals surface area (Å²) in [6.07, 6.45) is 1.34. The third-order valence-corrected chi connectivity index (χ3v) is 1.73. The lowest BCUT2D eigenvalue weighted by molar-refractivity contribution is -0.108. The molecule has 0 spiro atoms. The zero-order valence-corrected chi connectivity index (χ0v) is 7.33. The first-order valence-electron chi connectivity index (χ1n) is 4.01. The molecule has 0 aliphatic heterocycles. The van der Waals surface area contributed by atoms with Gasteiger partial charge < -0.3 is 10.0 Å². The van der Waals surface area contributed by atoms with Gasteiger partial charge in [0.2, 0.25) is 0 Å². The minimum absolute atomic E-state index is 0.376. The standard InChI is InChI=1S/C10H9NO3/c12-7-9(6-11-14)10(13)8-4-2-1-3-5-8/h1-7,9,14H/b11-6-. The fraction of sp³-hybridized carbons (Fsp3) is 0.100. The molecule has 0 bridgehead atoms. The van der Waals surface area contributed by atoms with Crippen LogP contribution in [0.5, 0.6) is 0 Å². The van der Waals surface area contributed by atoms with E-state index in [-0.39, 0.29) is 5.78 Å². The SMILES string of the molecule is O=CC(/C=N\O)C(=O)c1ccccc1. The van der Waals surface area contributed by atoms with E-state index >= 15 is 0 Å². The quantitative estimate of drug-likeness (QED) is 0.194. The Morgan fingerprint density at radius 2 is 2.00 bits per heavy atom. The molecule has 4 nitrogen and oxygen atoms in total. The van der Waals surface area contributed by atoms with Gasteiger partial charge in [-0.3, -0.25) is 4.79 Å². The molecule has 0 heterocycles. The number of aldehydes is 1. The second kappa shape index (κ2) is 4.91. The average Bonchev–Trinajstić information content (AvgIpc) is 2.26. The first-order chi connectivity index (χ1) is 6.79. The molecule has 1 aromatic rings. The van der Waals surface area contributed by atoms with Crippen molar-refractivity contribution in [2.75, 3.05) is 0 Å². The second-order valence-corrected chi connectivity index (χ2v) is 2.66. The van der Waals surface area contributed by atoms with Crippen molar-refractivity contribution in [3.05, 3.63) is 35.9 Å². The van der Waals surface area contributed by atoms with E-state index < -0.39 is 5.92 Å². The Hall–Kier alpha value is -1.97. The van der Waals surface area contributed by atoms with Crippen molar-refractivity contribution in [3.63, 3.8) is 0 Å². The van der Waals surface area contributed by atoms with E-state index in [2.05, 4.69) is 5.16 Å². The van der Waals surface area contributed by atoms with Crippen molar-refractivity contribution in [3.8, 4) is 0 Å². The van der Waals surface area contributed by atoms with Gasteiger partial charge in [0.25, 0.3) is 0 Å². The van der Waals surface area contributed by atoms with Gasteiger partial charge in [0, 0.05) is 5.56 Å². The van der Waals surface area contributed by atoms with Crippen LogP contribution in [0.15, 0.2) is 35.5 Å². The molecule has 4 heteroatoms. The topological polar surface area (TPSA) is 66.7 Å². The third-order valence-electron chi connectivity index (χ3n) is 1.73. The first kappa shape index (κ1) is 10.1. The Kier molecular flexibility index (Phi) is 3.55. The molecule has 1 rings (SSSR count). The molecule has 0 aliphatic carbocycles. The summed E-state index contributed by atoms with van der Waals surface area (Å²) in [5.41, 5.74) is 0.421. The fourth-order valence-electron chi connectivity index (χ4n) is 1.03. The van der Waals surface area contributed by atoms with E-state index in [9.17, 15) is 9.59 Å². The van der Waals surface area contributed by atoms with E-state index in [0.29, 0.717) is 11.8 Å². The summed E-state index contributed by atoms with van der Waals surface area (Å²) in [6.45, 7) is 0. The van der Waals surface area contributed by atoms with Gasteiger partial charge >= 0.3 is 0 Å². The summed E-state index contributed by atoms with van der Waals surface area (Å²) >= 11 is 0. The lowest BCUT2D eigenvalue weighted by Crippen LogP contribution is -2.17. The number of nitrogens with zero attached hydrogens (tertiary/aromatic N) is 1. The molecule has 72 valence electrons.